The number of benzene rings is 1. The Morgan fingerprint density at radius 2 is 1.48 bits per heavy atom. The van der Waals surface area contributed by atoms with Gasteiger partial charge in [-0.15, -0.1) is 24.0 Å². The summed E-state index contributed by atoms with van der Waals surface area (Å²) in [6.45, 7) is 13.5. The molecule has 3 heterocycles. The van der Waals surface area contributed by atoms with Gasteiger partial charge in [0.25, 0.3) is 0 Å². The van der Waals surface area contributed by atoms with Crippen molar-refractivity contribution in [1.82, 2.24) is 30.0 Å². The van der Waals surface area contributed by atoms with Gasteiger partial charge in [0.2, 0.25) is 5.95 Å². The summed E-state index contributed by atoms with van der Waals surface area (Å²) in [5.74, 6) is 1.76. The van der Waals surface area contributed by atoms with Crippen molar-refractivity contribution in [3.8, 4) is 0 Å². The number of nitrogens with one attached hydrogen (secondary N) is 1. The lowest BCUT2D eigenvalue weighted by Crippen LogP contribution is -2.52. The number of likely N-dealkylation sites (N-methyl/N-ethyl adjacent to an activating group) is 1. The van der Waals surface area contributed by atoms with Gasteiger partial charge in [0.15, 0.2) is 5.96 Å². The number of guanidine groups is 1. The van der Waals surface area contributed by atoms with E-state index in [4.69, 9.17) is 0 Å². The SMILES string of the molecule is CCN1CCN(Cc2ccc(CNC(=NC)N3CCN(c4ncccn4)CC3)cc2)CC1.I. The fourth-order valence-corrected chi connectivity index (χ4v) is 4.37. The van der Waals surface area contributed by atoms with Crippen LogP contribution in [0.15, 0.2) is 47.7 Å². The van der Waals surface area contributed by atoms with Gasteiger partial charge in [-0.25, -0.2) is 9.97 Å². The minimum atomic E-state index is 0. The molecule has 1 aromatic carbocycles. The predicted octanol–water partition coefficient (Wildman–Crippen LogP) is 2.13. The number of aliphatic imine (C=N–C) groups is 1. The standard InChI is InChI=1S/C24H36N8.HI/c1-3-29-11-13-30(14-12-29)20-22-7-5-21(6-8-22)19-28-23(25-2)31-15-17-32(18-16-31)24-26-9-4-10-27-24;/h4-10H,3,11-20H2,1-2H3,(H,25,28);1H. The third kappa shape index (κ3) is 7.25. The molecular formula is C24H37IN8. The number of aromatic nitrogens is 2. The summed E-state index contributed by atoms with van der Waals surface area (Å²) in [6, 6.07) is 10.9. The van der Waals surface area contributed by atoms with Crippen molar-refractivity contribution in [2.45, 2.75) is 20.0 Å². The maximum absolute atomic E-state index is 4.50. The van der Waals surface area contributed by atoms with E-state index in [1.807, 2.05) is 13.1 Å². The second kappa shape index (κ2) is 13.0. The molecule has 2 saturated heterocycles. The van der Waals surface area contributed by atoms with Crippen LogP contribution in [0.2, 0.25) is 0 Å². The fourth-order valence-electron chi connectivity index (χ4n) is 4.37. The lowest BCUT2D eigenvalue weighted by Gasteiger charge is -2.36. The average Bonchev–Trinajstić information content (AvgIpc) is 2.87. The van der Waals surface area contributed by atoms with Gasteiger partial charge < -0.3 is 20.0 Å². The summed E-state index contributed by atoms with van der Waals surface area (Å²) in [5, 5.41) is 3.53. The van der Waals surface area contributed by atoms with E-state index in [2.05, 4.69) is 71.1 Å². The lowest BCUT2D eigenvalue weighted by atomic mass is 10.1. The molecule has 0 amide bonds. The summed E-state index contributed by atoms with van der Waals surface area (Å²) in [4.78, 5) is 22.8. The zero-order valence-corrected chi connectivity index (χ0v) is 22.2. The summed E-state index contributed by atoms with van der Waals surface area (Å²) in [5.41, 5.74) is 2.67. The van der Waals surface area contributed by atoms with Gasteiger partial charge >= 0.3 is 0 Å². The first-order chi connectivity index (χ1) is 15.7. The largest absolute Gasteiger partial charge is 0.352 e. The smallest absolute Gasteiger partial charge is 0.225 e. The summed E-state index contributed by atoms with van der Waals surface area (Å²) < 4.78 is 0. The molecule has 0 atom stereocenters. The van der Waals surface area contributed by atoms with Crippen molar-refractivity contribution in [2.24, 2.45) is 4.99 Å². The third-order valence-corrected chi connectivity index (χ3v) is 6.42. The summed E-state index contributed by atoms with van der Waals surface area (Å²) in [6.07, 6.45) is 3.60. The number of hydrogen-bond donors (Lipinski definition) is 1. The molecule has 1 N–H and O–H groups in total. The number of rotatable bonds is 6. The van der Waals surface area contributed by atoms with Crippen molar-refractivity contribution < 1.29 is 0 Å². The molecule has 1 aromatic heterocycles. The number of anilines is 1. The van der Waals surface area contributed by atoms with E-state index < -0.39 is 0 Å². The first-order valence-electron chi connectivity index (χ1n) is 11.7. The first-order valence-corrected chi connectivity index (χ1v) is 11.7. The maximum Gasteiger partial charge on any atom is 0.225 e. The van der Waals surface area contributed by atoms with Crippen LogP contribution in [0.3, 0.4) is 0 Å². The average molecular weight is 565 g/mol. The van der Waals surface area contributed by atoms with E-state index >= 15 is 0 Å². The molecule has 0 radical (unpaired) electrons. The van der Waals surface area contributed by atoms with Crippen molar-refractivity contribution in [2.75, 3.05) is 70.9 Å². The Morgan fingerprint density at radius 1 is 0.879 bits per heavy atom. The Hall–Kier alpha value is -1.98. The molecule has 9 heteroatoms. The fraction of sp³-hybridized carbons (Fsp3) is 0.542. The minimum absolute atomic E-state index is 0. The van der Waals surface area contributed by atoms with Gasteiger partial charge in [0, 0.05) is 84.9 Å². The van der Waals surface area contributed by atoms with Crippen LogP contribution in [-0.2, 0) is 13.1 Å². The molecule has 0 unspecified atom stereocenters. The first kappa shape index (κ1) is 25.6. The number of piperazine rings is 2. The zero-order valence-electron chi connectivity index (χ0n) is 19.9. The Balaban J connectivity index is 0.00000306. The van der Waals surface area contributed by atoms with E-state index in [-0.39, 0.29) is 24.0 Å². The van der Waals surface area contributed by atoms with Crippen LogP contribution < -0.4 is 10.2 Å². The highest BCUT2D eigenvalue weighted by molar-refractivity contribution is 14.0. The molecule has 8 nitrogen and oxygen atoms in total. The quantitative estimate of drug-likeness (QED) is 0.328. The predicted molar refractivity (Wildman–Crippen MR) is 145 cm³/mol. The van der Waals surface area contributed by atoms with Gasteiger partial charge in [-0.05, 0) is 23.7 Å². The normalized spacial score (nSPS) is 18.2. The Morgan fingerprint density at radius 3 is 2.09 bits per heavy atom. The molecule has 0 bridgehead atoms. The molecule has 180 valence electrons. The second-order valence-corrected chi connectivity index (χ2v) is 8.45. The monoisotopic (exact) mass is 564 g/mol. The van der Waals surface area contributed by atoms with Crippen LogP contribution in [0.5, 0.6) is 0 Å². The van der Waals surface area contributed by atoms with Crippen LogP contribution in [0.25, 0.3) is 0 Å². The molecule has 2 aliphatic rings. The van der Waals surface area contributed by atoms with Crippen LogP contribution in [0.4, 0.5) is 5.95 Å². The van der Waals surface area contributed by atoms with Crippen molar-refractivity contribution in [1.29, 1.82) is 0 Å². The Kier molecular flexibility index (Phi) is 10.1. The molecule has 33 heavy (non-hydrogen) atoms. The van der Waals surface area contributed by atoms with Gasteiger partial charge in [-0.1, -0.05) is 31.2 Å². The van der Waals surface area contributed by atoms with Crippen LogP contribution in [0, 0.1) is 0 Å². The molecule has 0 aliphatic carbocycles. The molecule has 2 fully saturated rings. The van der Waals surface area contributed by atoms with E-state index in [0.717, 1.165) is 70.8 Å². The van der Waals surface area contributed by atoms with Crippen LogP contribution >= 0.6 is 24.0 Å². The molecule has 0 spiro atoms. The van der Waals surface area contributed by atoms with E-state index in [9.17, 15) is 0 Å². The number of nitrogens with zero attached hydrogens (tertiary/aromatic N) is 7. The van der Waals surface area contributed by atoms with Crippen molar-refractivity contribution >= 4 is 35.9 Å². The molecule has 2 aliphatic heterocycles. The third-order valence-electron chi connectivity index (χ3n) is 6.42. The highest BCUT2D eigenvalue weighted by atomic mass is 127. The minimum Gasteiger partial charge on any atom is -0.352 e. The summed E-state index contributed by atoms with van der Waals surface area (Å²) >= 11 is 0. The zero-order chi connectivity index (χ0) is 22.2. The highest BCUT2D eigenvalue weighted by Crippen LogP contribution is 2.12. The van der Waals surface area contributed by atoms with Gasteiger partial charge in [-0.2, -0.15) is 0 Å². The second-order valence-electron chi connectivity index (χ2n) is 8.45. The van der Waals surface area contributed by atoms with Crippen molar-refractivity contribution in [3.63, 3.8) is 0 Å². The summed E-state index contributed by atoms with van der Waals surface area (Å²) in [7, 11) is 1.86. The van der Waals surface area contributed by atoms with Crippen LogP contribution in [-0.4, -0.2) is 96.6 Å². The number of hydrogen-bond acceptors (Lipinski definition) is 6. The van der Waals surface area contributed by atoms with Crippen molar-refractivity contribution in [3.05, 3.63) is 53.9 Å². The Bertz CT molecular complexity index is 845. The van der Waals surface area contributed by atoms with E-state index in [0.29, 0.717) is 0 Å². The van der Waals surface area contributed by atoms with E-state index in [1.54, 1.807) is 12.4 Å². The topological polar surface area (TPSA) is 63.1 Å². The van der Waals surface area contributed by atoms with E-state index in [1.165, 1.54) is 24.2 Å². The molecule has 0 saturated carbocycles. The van der Waals surface area contributed by atoms with Gasteiger partial charge in [0.1, 0.15) is 0 Å². The Labute approximate surface area is 215 Å². The van der Waals surface area contributed by atoms with Gasteiger partial charge in [0.05, 0.1) is 0 Å². The van der Waals surface area contributed by atoms with Crippen LogP contribution in [0.1, 0.15) is 18.1 Å². The molecule has 2 aromatic rings. The maximum atomic E-state index is 4.50. The number of halogens is 1. The lowest BCUT2D eigenvalue weighted by molar-refractivity contribution is 0.132. The van der Waals surface area contributed by atoms with Gasteiger partial charge in [-0.3, -0.25) is 9.89 Å². The molecule has 4 rings (SSSR count). The molecular weight excluding hydrogens is 527 g/mol. The highest BCUT2D eigenvalue weighted by Gasteiger charge is 2.21.